The van der Waals surface area contributed by atoms with Gasteiger partial charge in [-0.25, -0.2) is 4.39 Å². The molecule has 3 rings (SSSR count). The van der Waals surface area contributed by atoms with Crippen LogP contribution in [-0.2, 0) is 16.0 Å². The molecular weight excluding hydrogens is 269 g/mol. The maximum absolute atomic E-state index is 12.9. The zero-order valence-electron chi connectivity index (χ0n) is 12.8. The van der Waals surface area contributed by atoms with Crippen LogP contribution in [0, 0.1) is 17.2 Å². The minimum absolute atomic E-state index is 0.00831. The predicted molar refractivity (Wildman–Crippen MR) is 78.3 cm³/mol. The maximum Gasteiger partial charge on any atom is 0.227 e. The first-order valence-corrected chi connectivity index (χ1v) is 7.53. The first-order valence-electron chi connectivity index (χ1n) is 7.53. The lowest BCUT2D eigenvalue weighted by atomic mass is 9.57. The van der Waals surface area contributed by atoms with E-state index in [2.05, 4.69) is 13.8 Å². The van der Waals surface area contributed by atoms with Crippen LogP contribution in [0.25, 0.3) is 0 Å². The first-order chi connectivity index (χ1) is 9.91. The Morgan fingerprint density at radius 3 is 2.71 bits per heavy atom. The van der Waals surface area contributed by atoms with Gasteiger partial charge in [-0.15, -0.1) is 0 Å². The third-order valence-corrected chi connectivity index (χ3v) is 5.12. The van der Waals surface area contributed by atoms with Crippen LogP contribution in [0.15, 0.2) is 24.3 Å². The average molecular weight is 291 g/mol. The van der Waals surface area contributed by atoms with E-state index in [0.29, 0.717) is 12.3 Å². The van der Waals surface area contributed by atoms with E-state index < -0.39 is 0 Å². The summed E-state index contributed by atoms with van der Waals surface area (Å²) >= 11 is 0. The van der Waals surface area contributed by atoms with Crippen molar-refractivity contribution in [2.45, 2.75) is 38.8 Å². The third kappa shape index (κ3) is 2.35. The normalized spacial score (nSPS) is 29.6. The summed E-state index contributed by atoms with van der Waals surface area (Å²) in [5.74, 6) is 0.276. The molecule has 2 aliphatic rings. The molecule has 4 heteroatoms. The standard InChI is InChI=1S/C17H22FNO2/c1-17(2)15(13-8-9-21-16(13)17)19(3)14(20)10-11-4-6-12(18)7-5-11/h4-7,13,15-16H,8-10H2,1-3H3. The number of hydrogen-bond acceptors (Lipinski definition) is 2. The van der Waals surface area contributed by atoms with E-state index >= 15 is 0 Å². The van der Waals surface area contributed by atoms with E-state index in [1.807, 2.05) is 11.9 Å². The van der Waals surface area contributed by atoms with Crippen LogP contribution < -0.4 is 0 Å². The fourth-order valence-corrected chi connectivity index (χ4v) is 4.14. The summed E-state index contributed by atoms with van der Waals surface area (Å²) in [6.45, 7) is 5.15. The molecule has 3 unspecified atom stereocenters. The fraction of sp³-hybridized carbons (Fsp3) is 0.588. The minimum Gasteiger partial charge on any atom is -0.377 e. The molecule has 21 heavy (non-hydrogen) atoms. The first kappa shape index (κ1) is 14.5. The lowest BCUT2D eigenvalue weighted by Crippen LogP contribution is -2.67. The molecule has 3 atom stereocenters. The van der Waals surface area contributed by atoms with Gasteiger partial charge in [-0.3, -0.25) is 4.79 Å². The van der Waals surface area contributed by atoms with Crippen molar-refractivity contribution in [3.63, 3.8) is 0 Å². The molecule has 3 nitrogen and oxygen atoms in total. The van der Waals surface area contributed by atoms with Gasteiger partial charge in [-0.05, 0) is 24.1 Å². The maximum atomic E-state index is 12.9. The molecule has 114 valence electrons. The molecule has 2 fully saturated rings. The van der Waals surface area contributed by atoms with Gasteiger partial charge in [0, 0.05) is 31.0 Å². The number of carbonyl (C=O) groups excluding carboxylic acids is 1. The van der Waals surface area contributed by atoms with Crippen LogP contribution in [0.4, 0.5) is 4.39 Å². The second-order valence-corrected chi connectivity index (χ2v) is 6.82. The van der Waals surface area contributed by atoms with Gasteiger partial charge in [0.05, 0.1) is 12.5 Å². The molecule has 0 radical (unpaired) electrons. The SMILES string of the molecule is CN(C(=O)Cc1ccc(F)cc1)C1C2CCOC2C1(C)C. The Morgan fingerprint density at radius 2 is 2.05 bits per heavy atom. The van der Waals surface area contributed by atoms with Crippen molar-refractivity contribution in [3.8, 4) is 0 Å². The third-order valence-electron chi connectivity index (χ3n) is 5.12. The Morgan fingerprint density at radius 1 is 1.38 bits per heavy atom. The zero-order chi connectivity index (χ0) is 15.2. The summed E-state index contributed by atoms with van der Waals surface area (Å²) in [6, 6.07) is 6.38. The van der Waals surface area contributed by atoms with Crippen molar-refractivity contribution in [1.29, 1.82) is 0 Å². The number of hydrogen-bond donors (Lipinski definition) is 0. The molecule has 0 bridgehead atoms. The Balaban J connectivity index is 1.69. The number of nitrogens with zero attached hydrogens (tertiary/aromatic N) is 1. The Hall–Kier alpha value is -1.42. The summed E-state index contributed by atoms with van der Waals surface area (Å²) in [4.78, 5) is 14.4. The van der Waals surface area contributed by atoms with Gasteiger partial charge in [-0.2, -0.15) is 0 Å². The van der Waals surface area contributed by atoms with Crippen LogP contribution >= 0.6 is 0 Å². The molecular formula is C17H22FNO2. The number of benzene rings is 1. The van der Waals surface area contributed by atoms with Gasteiger partial charge in [-0.1, -0.05) is 26.0 Å². The molecule has 1 amide bonds. The monoisotopic (exact) mass is 291 g/mol. The Bertz CT molecular complexity index is 540. The Kier molecular flexibility index (Phi) is 3.52. The van der Waals surface area contributed by atoms with Crippen molar-refractivity contribution >= 4 is 5.91 Å². The molecule has 1 aromatic carbocycles. The molecule has 0 aromatic heterocycles. The molecule has 1 aromatic rings. The molecule has 1 aliphatic carbocycles. The minimum atomic E-state index is -0.273. The quantitative estimate of drug-likeness (QED) is 0.857. The number of carbonyl (C=O) groups is 1. The summed E-state index contributed by atoms with van der Waals surface area (Å²) in [5, 5.41) is 0. The summed E-state index contributed by atoms with van der Waals surface area (Å²) in [7, 11) is 1.88. The van der Waals surface area contributed by atoms with Crippen LogP contribution in [0.3, 0.4) is 0 Å². The smallest absolute Gasteiger partial charge is 0.227 e. The zero-order valence-corrected chi connectivity index (χ0v) is 12.8. The van der Waals surface area contributed by atoms with Crippen molar-refractivity contribution in [3.05, 3.63) is 35.6 Å². The van der Waals surface area contributed by atoms with Gasteiger partial charge in [0.15, 0.2) is 0 Å². The summed E-state index contributed by atoms with van der Waals surface area (Å²) < 4.78 is 18.7. The van der Waals surface area contributed by atoms with Crippen LogP contribution in [0.5, 0.6) is 0 Å². The van der Waals surface area contributed by atoms with Crippen LogP contribution in [0.1, 0.15) is 25.8 Å². The molecule has 0 spiro atoms. The lowest BCUT2D eigenvalue weighted by Gasteiger charge is -2.57. The highest BCUT2D eigenvalue weighted by atomic mass is 19.1. The van der Waals surface area contributed by atoms with E-state index in [1.165, 1.54) is 12.1 Å². The second-order valence-electron chi connectivity index (χ2n) is 6.82. The van der Waals surface area contributed by atoms with Crippen molar-refractivity contribution < 1.29 is 13.9 Å². The number of rotatable bonds is 3. The van der Waals surface area contributed by atoms with Crippen molar-refractivity contribution in [2.24, 2.45) is 11.3 Å². The number of likely N-dealkylation sites (N-methyl/N-ethyl adjacent to an activating group) is 1. The van der Waals surface area contributed by atoms with E-state index in [4.69, 9.17) is 4.74 Å². The van der Waals surface area contributed by atoms with Gasteiger partial charge >= 0.3 is 0 Å². The topological polar surface area (TPSA) is 29.5 Å². The number of amides is 1. The van der Waals surface area contributed by atoms with Gasteiger partial charge in [0.2, 0.25) is 5.91 Å². The molecule has 1 aliphatic heterocycles. The number of halogens is 1. The average Bonchev–Trinajstić information content (AvgIpc) is 2.87. The summed E-state index contributed by atoms with van der Waals surface area (Å²) in [6.07, 6.45) is 1.64. The lowest BCUT2D eigenvalue weighted by molar-refractivity contribution is -0.166. The molecule has 1 saturated carbocycles. The highest BCUT2D eigenvalue weighted by Crippen LogP contribution is 2.54. The molecule has 1 saturated heterocycles. The van der Waals surface area contributed by atoms with Crippen molar-refractivity contribution in [2.75, 3.05) is 13.7 Å². The van der Waals surface area contributed by atoms with E-state index in [9.17, 15) is 9.18 Å². The number of ether oxygens (including phenoxy) is 1. The largest absolute Gasteiger partial charge is 0.377 e. The second kappa shape index (κ2) is 5.09. The van der Waals surface area contributed by atoms with Crippen LogP contribution in [0.2, 0.25) is 0 Å². The highest BCUT2D eigenvalue weighted by Gasteiger charge is 2.61. The van der Waals surface area contributed by atoms with Crippen molar-refractivity contribution in [1.82, 2.24) is 4.90 Å². The molecule has 1 heterocycles. The fourth-order valence-electron chi connectivity index (χ4n) is 4.14. The van der Waals surface area contributed by atoms with Crippen LogP contribution in [-0.4, -0.2) is 36.6 Å². The highest BCUT2D eigenvalue weighted by molar-refractivity contribution is 5.79. The van der Waals surface area contributed by atoms with Gasteiger partial charge < -0.3 is 9.64 Å². The molecule has 0 N–H and O–H groups in total. The van der Waals surface area contributed by atoms with E-state index in [-0.39, 0.29) is 29.3 Å². The number of fused-ring (bicyclic) bond motifs is 1. The van der Waals surface area contributed by atoms with Gasteiger partial charge in [0.1, 0.15) is 5.82 Å². The van der Waals surface area contributed by atoms with Gasteiger partial charge in [0.25, 0.3) is 0 Å². The van der Waals surface area contributed by atoms with E-state index in [1.54, 1.807) is 12.1 Å². The van der Waals surface area contributed by atoms with E-state index in [0.717, 1.165) is 18.6 Å². The summed E-state index contributed by atoms with van der Waals surface area (Å²) in [5.41, 5.74) is 0.860. The Labute approximate surface area is 125 Å². The predicted octanol–water partition coefficient (Wildman–Crippen LogP) is 2.64.